The predicted molar refractivity (Wildman–Crippen MR) is 66.8 cm³/mol. The van der Waals surface area contributed by atoms with Gasteiger partial charge in [0, 0.05) is 11.6 Å². The van der Waals surface area contributed by atoms with Gasteiger partial charge >= 0.3 is 0 Å². The number of nitrogens with zero attached hydrogens (tertiary/aromatic N) is 1. The fraction of sp³-hybridized carbons (Fsp3) is 0.500. The smallest absolute Gasteiger partial charge is 0.188 e. The Morgan fingerprint density at radius 2 is 1.94 bits per heavy atom. The maximum absolute atomic E-state index is 12.0. The number of aromatic nitrogens is 1. The molecule has 0 aromatic carbocycles. The number of hydrogen-bond acceptors (Lipinski definition) is 3. The summed E-state index contributed by atoms with van der Waals surface area (Å²) in [7, 11) is 0. The van der Waals surface area contributed by atoms with Crippen LogP contribution >= 0.6 is 0 Å². The third-order valence-electron chi connectivity index (χ3n) is 3.43. The second-order valence-corrected chi connectivity index (χ2v) is 5.11. The van der Waals surface area contributed by atoms with Crippen molar-refractivity contribution in [1.29, 1.82) is 0 Å². The van der Waals surface area contributed by atoms with E-state index >= 15 is 0 Å². The van der Waals surface area contributed by atoms with E-state index < -0.39 is 5.41 Å². The van der Waals surface area contributed by atoms with Gasteiger partial charge in [0.1, 0.15) is 11.5 Å². The largest absolute Gasteiger partial charge is 0.299 e. The zero-order valence-electron chi connectivity index (χ0n) is 10.9. The molecule has 17 heavy (non-hydrogen) atoms. The minimum atomic E-state index is -0.468. The Bertz CT molecular complexity index is 407. The average Bonchev–Trinajstić information content (AvgIpc) is 2.29. The van der Waals surface area contributed by atoms with Crippen LogP contribution < -0.4 is 0 Å². The maximum atomic E-state index is 12.0. The second-order valence-electron chi connectivity index (χ2n) is 5.11. The molecule has 0 amide bonds. The molecule has 0 N–H and O–H groups in total. The quantitative estimate of drug-likeness (QED) is 0.580. The summed E-state index contributed by atoms with van der Waals surface area (Å²) < 4.78 is 0. The lowest BCUT2D eigenvalue weighted by Crippen LogP contribution is -2.31. The number of pyridine rings is 1. The predicted octanol–water partition coefficient (Wildman–Crippen LogP) is 2.91. The summed E-state index contributed by atoms with van der Waals surface area (Å²) in [6.07, 6.45) is 1.49. The van der Waals surface area contributed by atoms with Crippen LogP contribution in [0.15, 0.2) is 24.4 Å². The summed E-state index contributed by atoms with van der Waals surface area (Å²) >= 11 is 0. The van der Waals surface area contributed by atoms with Crippen LogP contribution in [0.4, 0.5) is 0 Å². The van der Waals surface area contributed by atoms with Gasteiger partial charge in [0.25, 0.3) is 0 Å². The van der Waals surface area contributed by atoms with Gasteiger partial charge in [0.05, 0.1) is 6.42 Å². The van der Waals surface area contributed by atoms with Crippen LogP contribution in [0, 0.1) is 11.3 Å². The van der Waals surface area contributed by atoms with Gasteiger partial charge in [0.2, 0.25) is 0 Å². The zero-order chi connectivity index (χ0) is 13.1. The highest BCUT2D eigenvalue weighted by Crippen LogP contribution is 2.28. The van der Waals surface area contributed by atoms with E-state index in [-0.39, 0.29) is 23.9 Å². The van der Waals surface area contributed by atoms with Crippen molar-refractivity contribution in [1.82, 2.24) is 4.98 Å². The second kappa shape index (κ2) is 5.21. The maximum Gasteiger partial charge on any atom is 0.188 e. The first kappa shape index (κ1) is 13.6. The van der Waals surface area contributed by atoms with Crippen molar-refractivity contribution >= 4 is 11.6 Å². The van der Waals surface area contributed by atoms with Crippen LogP contribution in [0.25, 0.3) is 0 Å². The third-order valence-corrected chi connectivity index (χ3v) is 3.43. The van der Waals surface area contributed by atoms with E-state index in [1.807, 2.05) is 27.7 Å². The van der Waals surface area contributed by atoms with Gasteiger partial charge < -0.3 is 0 Å². The van der Waals surface area contributed by atoms with Gasteiger partial charge in [-0.05, 0) is 18.1 Å². The first-order chi connectivity index (χ1) is 7.85. The molecule has 0 unspecified atom stereocenters. The van der Waals surface area contributed by atoms with Crippen molar-refractivity contribution in [3.05, 3.63) is 30.1 Å². The normalized spacial score (nSPS) is 11.6. The molecule has 3 heteroatoms. The Hall–Kier alpha value is -1.51. The molecule has 0 bridgehead atoms. The molecule has 0 fully saturated rings. The molecule has 0 aliphatic rings. The molecular formula is C14H19NO2. The van der Waals surface area contributed by atoms with Gasteiger partial charge in [-0.25, -0.2) is 0 Å². The molecule has 1 heterocycles. The molecule has 0 aliphatic carbocycles. The van der Waals surface area contributed by atoms with Crippen LogP contribution in [0.2, 0.25) is 0 Å². The standard InChI is InChI=1S/C14H19NO2/c1-10(2)14(3,4)13(17)9-12(16)11-7-5-6-8-15-11/h5-8,10H,9H2,1-4H3. The van der Waals surface area contributed by atoms with Gasteiger partial charge in [-0.2, -0.15) is 0 Å². The van der Waals surface area contributed by atoms with Gasteiger partial charge in [-0.3, -0.25) is 14.6 Å². The summed E-state index contributed by atoms with van der Waals surface area (Å²) in [5.74, 6) is -0.0148. The summed E-state index contributed by atoms with van der Waals surface area (Å²) in [6.45, 7) is 7.74. The number of rotatable bonds is 5. The molecule has 92 valence electrons. The lowest BCUT2D eigenvalue weighted by atomic mass is 9.76. The van der Waals surface area contributed by atoms with E-state index in [0.717, 1.165) is 0 Å². The molecule has 1 aromatic rings. The van der Waals surface area contributed by atoms with Crippen molar-refractivity contribution in [2.75, 3.05) is 0 Å². The lowest BCUT2D eigenvalue weighted by molar-refractivity contribution is -0.128. The van der Waals surface area contributed by atoms with E-state index in [2.05, 4.69) is 4.98 Å². The number of carbonyl (C=O) groups excluding carboxylic acids is 2. The monoisotopic (exact) mass is 233 g/mol. The highest BCUT2D eigenvalue weighted by Gasteiger charge is 2.32. The number of carbonyl (C=O) groups is 2. The van der Waals surface area contributed by atoms with Crippen LogP contribution in [0.1, 0.15) is 44.6 Å². The van der Waals surface area contributed by atoms with E-state index in [0.29, 0.717) is 5.69 Å². The zero-order valence-corrected chi connectivity index (χ0v) is 10.9. The Balaban J connectivity index is 2.74. The Kier molecular flexibility index (Phi) is 4.16. The fourth-order valence-electron chi connectivity index (χ4n) is 1.31. The number of Topliss-reactive ketones (excluding diaryl/α,β-unsaturated/α-hetero) is 2. The third kappa shape index (κ3) is 3.22. The summed E-state index contributed by atoms with van der Waals surface area (Å²) in [4.78, 5) is 27.8. The summed E-state index contributed by atoms with van der Waals surface area (Å²) in [5, 5.41) is 0. The first-order valence-corrected chi connectivity index (χ1v) is 5.83. The molecule has 0 saturated carbocycles. The molecular weight excluding hydrogens is 214 g/mol. The first-order valence-electron chi connectivity index (χ1n) is 5.83. The molecule has 0 radical (unpaired) electrons. The molecule has 0 spiro atoms. The van der Waals surface area contributed by atoms with E-state index in [9.17, 15) is 9.59 Å². The topological polar surface area (TPSA) is 47.0 Å². The minimum Gasteiger partial charge on any atom is -0.299 e. The Labute approximate surface area is 102 Å². The highest BCUT2D eigenvalue weighted by atomic mass is 16.1. The van der Waals surface area contributed by atoms with Crippen molar-refractivity contribution in [3.63, 3.8) is 0 Å². The number of ketones is 2. The van der Waals surface area contributed by atoms with Gasteiger partial charge in [-0.15, -0.1) is 0 Å². The van der Waals surface area contributed by atoms with Crippen molar-refractivity contribution < 1.29 is 9.59 Å². The molecule has 1 aromatic heterocycles. The van der Waals surface area contributed by atoms with Crippen molar-refractivity contribution in [2.45, 2.75) is 34.1 Å². The lowest BCUT2D eigenvalue weighted by Gasteiger charge is -2.27. The van der Waals surface area contributed by atoms with Gasteiger partial charge in [0.15, 0.2) is 5.78 Å². The molecule has 3 nitrogen and oxygen atoms in total. The van der Waals surface area contributed by atoms with Crippen LogP contribution in [0.3, 0.4) is 0 Å². The average molecular weight is 233 g/mol. The van der Waals surface area contributed by atoms with Gasteiger partial charge in [-0.1, -0.05) is 33.8 Å². The Morgan fingerprint density at radius 1 is 1.29 bits per heavy atom. The highest BCUT2D eigenvalue weighted by molar-refractivity contribution is 6.08. The fourth-order valence-corrected chi connectivity index (χ4v) is 1.31. The van der Waals surface area contributed by atoms with E-state index in [1.54, 1.807) is 24.4 Å². The summed E-state index contributed by atoms with van der Waals surface area (Å²) in [6, 6.07) is 5.13. The van der Waals surface area contributed by atoms with Crippen LogP contribution in [0.5, 0.6) is 0 Å². The van der Waals surface area contributed by atoms with Crippen molar-refractivity contribution in [3.8, 4) is 0 Å². The van der Waals surface area contributed by atoms with Crippen molar-refractivity contribution in [2.24, 2.45) is 11.3 Å². The van der Waals surface area contributed by atoms with Crippen LogP contribution in [-0.4, -0.2) is 16.6 Å². The SMILES string of the molecule is CC(C)C(C)(C)C(=O)CC(=O)c1ccccn1. The van der Waals surface area contributed by atoms with Crippen LogP contribution in [-0.2, 0) is 4.79 Å². The molecule has 1 rings (SSSR count). The summed E-state index contributed by atoms with van der Waals surface area (Å²) in [5.41, 5.74) is -0.106. The number of hydrogen-bond donors (Lipinski definition) is 0. The van der Waals surface area contributed by atoms with E-state index in [4.69, 9.17) is 0 Å². The minimum absolute atomic E-state index is 0.0249. The Morgan fingerprint density at radius 3 is 2.41 bits per heavy atom. The molecule has 0 saturated heterocycles. The molecule has 0 atom stereocenters. The molecule has 0 aliphatic heterocycles. The van der Waals surface area contributed by atoms with E-state index in [1.165, 1.54) is 0 Å².